The summed E-state index contributed by atoms with van der Waals surface area (Å²) < 4.78 is 4.96. The number of carbonyl (C=O) groups excluding carboxylic acids is 1. The van der Waals surface area contributed by atoms with Gasteiger partial charge in [-0.1, -0.05) is 42.0 Å². The first kappa shape index (κ1) is 24.7. The van der Waals surface area contributed by atoms with Crippen LogP contribution in [0.1, 0.15) is 59.4 Å². The first-order chi connectivity index (χ1) is 16.1. The number of benzene rings is 2. The van der Waals surface area contributed by atoms with Gasteiger partial charge in [-0.2, -0.15) is 0 Å². The molecule has 0 fully saturated rings. The molecule has 1 atom stereocenters. The van der Waals surface area contributed by atoms with Gasteiger partial charge in [-0.05, 0) is 69.0 Å². The van der Waals surface area contributed by atoms with Gasteiger partial charge in [0, 0.05) is 17.2 Å². The number of nitrogens with zero attached hydrogens (tertiary/aromatic N) is 1. The Morgan fingerprint density at radius 2 is 1.91 bits per heavy atom. The Labute approximate surface area is 200 Å². The molecule has 2 aromatic carbocycles. The van der Waals surface area contributed by atoms with Crippen molar-refractivity contribution in [3.63, 3.8) is 0 Å². The molecule has 6 heteroatoms. The van der Waals surface area contributed by atoms with E-state index in [2.05, 4.69) is 16.9 Å². The summed E-state index contributed by atoms with van der Waals surface area (Å²) in [5.41, 5.74) is 6.79. The van der Waals surface area contributed by atoms with Crippen molar-refractivity contribution < 1.29 is 19.4 Å². The Balaban J connectivity index is 2.06. The molecular formula is C28H30N2O4. The molecule has 0 aromatic heterocycles. The van der Waals surface area contributed by atoms with Crippen molar-refractivity contribution in [2.75, 3.05) is 7.11 Å². The van der Waals surface area contributed by atoms with Crippen molar-refractivity contribution in [1.29, 1.82) is 0 Å². The maximum Gasteiger partial charge on any atom is 0.333 e. The second kappa shape index (κ2) is 10.3. The smallest absolute Gasteiger partial charge is 0.333 e. The largest absolute Gasteiger partial charge is 0.481 e. The number of ketones is 1. The monoisotopic (exact) mass is 458 g/mol. The van der Waals surface area contributed by atoms with Crippen molar-refractivity contribution in [3.05, 3.63) is 99.6 Å². The first-order valence-electron chi connectivity index (χ1n) is 11.0. The van der Waals surface area contributed by atoms with Crippen LogP contribution in [0, 0.1) is 6.92 Å². The Kier molecular flexibility index (Phi) is 7.51. The van der Waals surface area contributed by atoms with Gasteiger partial charge in [0.2, 0.25) is 5.88 Å². The summed E-state index contributed by atoms with van der Waals surface area (Å²) in [6.45, 7) is 10.9. The van der Waals surface area contributed by atoms with Gasteiger partial charge >= 0.3 is 5.97 Å². The van der Waals surface area contributed by atoms with E-state index in [0.29, 0.717) is 17.7 Å². The van der Waals surface area contributed by atoms with Crippen molar-refractivity contribution in [3.8, 4) is 0 Å². The fraction of sp³-hybridized carbons (Fsp3) is 0.250. The summed E-state index contributed by atoms with van der Waals surface area (Å²) in [5, 5.41) is 12.8. The summed E-state index contributed by atoms with van der Waals surface area (Å²) in [6, 6.07) is 13.6. The second-order valence-electron chi connectivity index (χ2n) is 8.42. The number of nitrogens with one attached hydrogen (secondary N) is 1. The molecule has 0 bridgehead atoms. The molecule has 1 unspecified atom stereocenters. The molecule has 1 aliphatic carbocycles. The van der Waals surface area contributed by atoms with E-state index in [0.717, 1.165) is 33.4 Å². The Morgan fingerprint density at radius 1 is 1.24 bits per heavy atom. The first-order valence-corrected chi connectivity index (χ1v) is 11.0. The van der Waals surface area contributed by atoms with E-state index >= 15 is 0 Å². The zero-order valence-electron chi connectivity index (χ0n) is 20.2. The standard InChI is InChI=1S/C28H30N2O4/c1-16-12-23(19(4)30-26(18(3)28(32)33)15-29-20(5)34-6)24-14-22(21-10-8-7-9-11-21)17(2)27(31)25(24)13-16/h7-13,15,19,30H,5,14H2,1-4,6H3,(H,32,33)/b26-18-,29-15-. The van der Waals surface area contributed by atoms with E-state index in [4.69, 9.17) is 4.74 Å². The van der Waals surface area contributed by atoms with Crippen LogP contribution in [0.15, 0.2) is 76.8 Å². The van der Waals surface area contributed by atoms with Crippen molar-refractivity contribution in [1.82, 2.24) is 5.32 Å². The van der Waals surface area contributed by atoms with Crippen LogP contribution in [-0.4, -0.2) is 30.2 Å². The molecule has 0 aliphatic heterocycles. The lowest BCUT2D eigenvalue weighted by atomic mass is 9.79. The van der Waals surface area contributed by atoms with Crippen LogP contribution in [0.5, 0.6) is 0 Å². The highest BCUT2D eigenvalue weighted by atomic mass is 16.5. The minimum absolute atomic E-state index is 0.0210. The molecule has 0 saturated heterocycles. The summed E-state index contributed by atoms with van der Waals surface area (Å²) >= 11 is 0. The molecule has 0 saturated carbocycles. The van der Waals surface area contributed by atoms with E-state index in [9.17, 15) is 14.7 Å². The minimum Gasteiger partial charge on any atom is -0.481 e. The lowest BCUT2D eigenvalue weighted by Crippen LogP contribution is -2.25. The van der Waals surface area contributed by atoms with Crippen molar-refractivity contribution in [2.24, 2.45) is 4.99 Å². The van der Waals surface area contributed by atoms with E-state index in [1.54, 1.807) is 0 Å². The van der Waals surface area contributed by atoms with Crippen LogP contribution in [0.3, 0.4) is 0 Å². The Morgan fingerprint density at radius 3 is 2.53 bits per heavy atom. The number of carboxylic acid groups (broad SMARTS) is 1. The Hall–Kier alpha value is -3.93. The highest BCUT2D eigenvalue weighted by Crippen LogP contribution is 2.36. The fourth-order valence-electron chi connectivity index (χ4n) is 4.09. The summed E-state index contributed by atoms with van der Waals surface area (Å²) in [4.78, 5) is 29.1. The topological polar surface area (TPSA) is 88.0 Å². The molecule has 6 nitrogen and oxygen atoms in total. The number of aliphatic carboxylic acids is 1. The number of carboxylic acids is 1. The number of aliphatic imine (C=N–C) groups is 1. The predicted octanol–water partition coefficient (Wildman–Crippen LogP) is 5.41. The van der Waals surface area contributed by atoms with Gasteiger partial charge in [-0.15, -0.1) is 0 Å². The highest BCUT2D eigenvalue weighted by molar-refractivity contribution is 6.16. The number of aryl methyl sites for hydroxylation is 1. The number of hydrogen-bond acceptors (Lipinski definition) is 5. The van der Waals surface area contributed by atoms with Gasteiger partial charge in [0.15, 0.2) is 5.78 Å². The second-order valence-corrected chi connectivity index (χ2v) is 8.42. The van der Waals surface area contributed by atoms with E-state index in [-0.39, 0.29) is 23.3 Å². The minimum atomic E-state index is -1.06. The van der Waals surface area contributed by atoms with Crippen LogP contribution >= 0.6 is 0 Å². The number of fused-ring (bicyclic) bond motifs is 1. The summed E-state index contributed by atoms with van der Waals surface area (Å²) in [7, 11) is 1.44. The lowest BCUT2D eigenvalue weighted by molar-refractivity contribution is -0.132. The number of Topliss-reactive ketones (excluding diaryl/α,β-unsaturated/α-hetero) is 1. The molecule has 0 spiro atoms. The number of allylic oxidation sites excluding steroid dienone is 3. The average molecular weight is 459 g/mol. The third kappa shape index (κ3) is 5.17. The normalized spacial score (nSPS) is 15.0. The molecular weight excluding hydrogens is 428 g/mol. The molecule has 3 rings (SSSR count). The Bertz CT molecular complexity index is 1240. The van der Waals surface area contributed by atoms with Gasteiger partial charge in [-0.25, -0.2) is 9.79 Å². The summed E-state index contributed by atoms with van der Waals surface area (Å²) in [5.74, 6) is -0.875. The van der Waals surface area contributed by atoms with Gasteiger partial charge in [-0.3, -0.25) is 4.79 Å². The average Bonchev–Trinajstić information content (AvgIpc) is 2.83. The van der Waals surface area contributed by atoms with Gasteiger partial charge in [0.05, 0.1) is 24.6 Å². The molecule has 2 N–H and O–H groups in total. The van der Waals surface area contributed by atoms with Crippen LogP contribution in [0.2, 0.25) is 0 Å². The molecule has 34 heavy (non-hydrogen) atoms. The maximum atomic E-state index is 13.3. The zero-order valence-corrected chi connectivity index (χ0v) is 20.2. The molecule has 2 aromatic rings. The van der Waals surface area contributed by atoms with Crippen molar-refractivity contribution >= 4 is 23.5 Å². The molecule has 0 amide bonds. The SMILES string of the molecule is C=C(/N=C\C(NC(C)c1cc(C)cc2c1CC(c1ccccc1)=C(C)C2=O)=C(/C)C(=O)O)OC. The number of carbonyl (C=O) groups is 2. The van der Waals surface area contributed by atoms with E-state index in [1.807, 2.05) is 63.2 Å². The van der Waals surface area contributed by atoms with Crippen LogP contribution < -0.4 is 5.32 Å². The van der Waals surface area contributed by atoms with Gasteiger partial charge in [0.25, 0.3) is 0 Å². The third-order valence-corrected chi connectivity index (χ3v) is 6.08. The number of rotatable bonds is 8. The van der Waals surface area contributed by atoms with Crippen LogP contribution in [0.4, 0.5) is 0 Å². The third-order valence-electron chi connectivity index (χ3n) is 6.08. The lowest BCUT2D eigenvalue weighted by Gasteiger charge is -2.27. The summed E-state index contributed by atoms with van der Waals surface area (Å²) in [6.07, 6.45) is 2.02. The number of ether oxygens (including phenoxy) is 1. The quantitative estimate of drug-likeness (QED) is 0.314. The van der Waals surface area contributed by atoms with E-state index < -0.39 is 5.97 Å². The van der Waals surface area contributed by atoms with Gasteiger partial charge in [0.1, 0.15) is 0 Å². The van der Waals surface area contributed by atoms with Crippen molar-refractivity contribution in [2.45, 2.75) is 40.2 Å². The fourth-order valence-corrected chi connectivity index (χ4v) is 4.09. The van der Waals surface area contributed by atoms with Crippen LogP contribution in [0.25, 0.3) is 5.57 Å². The molecule has 1 aliphatic rings. The zero-order chi connectivity index (χ0) is 25.0. The molecule has 0 heterocycles. The van der Waals surface area contributed by atoms with Gasteiger partial charge < -0.3 is 15.2 Å². The predicted molar refractivity (Wildman–Crippen MR) is 135 cm³/mol. The number of hydrogen-bond donors (Lipinski definition) is 2. The molecule has 0 radical (unpaired) electrons. The van der Waals surface area contributed by atoms with Crippen LogP contribution in [-0.2, 0) is 16.0 Å². The maximum absolute atomic E-state index is 13.3. The molecule has 176 valence electrons. The van der Waals surface area contributed by atoms with E-state index in [1.165, 1.54) is 20.2 Å². The number of methoxy groups -OCH3 is 1. The highest BCUT2D eigenvalue weighted by Gasteiger charge is 2.28.